The number of primary amides is 1. The van der Waals surface area contributed by atoms with E-state index in [0.29, 0.717) is 38.1 Å². The lowest BCUT2D eigenvalue weighted by molar-refractivity contribution is -0.133. The van der Waals surface area contributed by atoms with Gasteiger partial charge in [0.2, 0.25) is 11.8 Å². The monoisotopic (exact) mass is 577 g/mol. The van der Waals surface area contributed by atoms with Crippen LogP contribution in [0.3, 0.4) is 0 Å². The van der Waals surface area contributed by atoms with Crippen LogP contribution in [0.25, 0.3) is 0 Å². The highest BCUT2D eigenvalue weighted by atomic mass is 16.5. The molecule has 0 aliphatic rings. The van der Waals surface area contributed by atoms with Gasteiger partial charge in [0, 0.05) is 31.3 Å². The lowest BCUT2D eigenvalue weighted by Crippen LogP contribution is -2.49. The maximum Gasteiger partial charge on any atom is 0.407 e. The number of carbonyl (C=O) groups excluding carboxylic acids is 4. The lowest BCUT2D eigenvalue weighted by Gasteiger charge is -2.34. The Morgan fingerprint density at radius 3 is 2.02 bits per heavy atom. The van der Waals surface area contributed by atoms with Gasteiger partial charge in [-0.3, -0.25) is 9.59 Å². The van der Waals surface area contributed by atoms with Crippen molar-refractivity contribution in [3.8, 4) is 0 Å². The molecule has 0 unspecified atom stereocenters. The number of nitrogens with one attached hydrogen (secondary N) is 4. The number of rotatable bonds is 15. The van der Waals surface area contributed by atoms with E-state index in [2.05, 4.69) is 21.3 Å². The summed E-state index contributed by atoms with van der Waals surface area (Å²) in [6, 6.07) is 5.46. The molecule has 0 aromatic heterocycles. The molecule has 0 saturated heterocycles. The number of nitrogens with two attached hydrogens (primary N) is 1. The Morgan fingerprint density at radius 2 is 1.49 bits per heavy atom. The molecule has 0 aliphatic heterocycles. The first-order chi connectivity index (χ1) is 19.0. The number of hydrogen-bond donors (Lipinski definition) is 5. The van der Waals surface area contributed by atoms with Crippen molar-refractivity contribution >= 4 is 29.6 Å². The summed E-state index contributed by atoms with van der Waals surface area (Å²) < 4.78 is 10.9. The van der Waals surface area contributed by atoms with Gasteiger partial charge in [0.1, 0.15) is 12.6 Å². The average Bonchev–Trinajstić information content (AvgIpc) is 2.83. The minimum absolute atomic E-state index is 0.0769. The molecule has 6 N–H and O–H groups in total. The number of anilines is 1. The van der Waals surface area contributed by atoms with Gasteiger partial charge in [0.25, 0.3) is 0 Å². The second-order valence-electron chi connectivity index (χ2n) is 12.6. The minimum Gasteiger partial charge on any atom is -0.445 e. The molecule has 11 heteroatoms. The van der Waals surface area contributed by atoms with E-state index in [9.17, 15) is 19.2 Å². The van der Waals surface area contributed by atoms with Gasteiger partial charge in [-0.05, 0) is 69.1 Å². The predicted molar refractivity (Wildman–Crippen MR) is 160 cm³/mol. The molecule has 1 aromatic rings. The fourth-order valence-corrected chi connectivity index (χ4v) is 4.50. The minimum atomic E-state index is -0.804. The summed E-state index contributed by atoms with van der Waals surface area (Å²) in [5.41, 5.74) is 5.92. The topological polar surface area (TPSA) is 161 Å². The van der Waals surface area contributed by atoms with Crippen LogP contribution in [0.15, 0.2) is 24.3 Å². The Labute approximate surface area is 245 Å². The number of hydrogen-bond acceptors (Lipinski definition) is 6. The van der Waals surface area contributed by atoms with E-state index >= 15 is 0 Å². The zero-order chi connectivity index (χ0) is 31.2. The van der Waals surface area contributed by atoms with Gasteiger partial charge in [0.05, 0.1) is 5.60 Å². The first kappa shape index (κ1) is 35.7. The van der Waals surface area contributed by atoms with Gasteiger partial charge in [-0.1, -0.05) is 46.8 Å². The largest absolute Gasteiger partial charge is 0.445 e. The van der Waals surface area contributed by atoms with Crippen molar-refractivity contribution in [3.63, 3.8) is 0 Å². The molecule has 5 amide bonds. The molecule has 0 saturated carbocycles. The molecule has 2 atom stereocenters. The second-order valence-corrected chi connectivity index (χ2v) is 12.6. The molecule has 0 aliphatic carbocycles. The van der Waals surface area contributed by atoms with Crippen LogP contribution in [0.4, 0.5) is 15.3 Å². The highest BCUT2D eigenvalue weighted by molar-refractivity contribution is 5.97. The summed E-state index contributed by atoms with van der Waals surface area (Å²) >= 11 is 0. The van der Waals surface area contributed by atoms with E-state index in [1.807, 2.05) is 55.4 Å². The SMILES string of the molecule is CC(C)[C@@H](C(=O)N[C@@H](CCCNC(N)=O)C(=O)Nc1ccc(COC(=O)NCCCOC(C)(C)C)cc1)C(C)(C)C. The number of urea groups is 1. The van der Waals surface area contributed by atoms with Crippen molar-refractivity contribution in [2.24, 2.45) is 23.0 Å². The molecule has 0 spiro atoms. The summed E-state index contributed by atoms with van der Waals surface area (Å²) in [5.74, 6) is -0.778. The fraction of sp³-hybridized carbons (Fsp3) is 0.667. The maximum atomic E-state index is 13.2. The van der Waals surface area contributed by atoms with E-state index in [0.717, 1.165) is 5.56 Å². The smallest absolute Gasteiger partial charge is 0.407 e. The summed E-state index contributed by atoms with van der Waals surface area (Å²) in [6.45, 7) is 17.3. The number of ether oxygens (including phenoxy) is 2. The van der Waals surface area contributed by atoms with Crippen molar-refractivity contribution in [3.05, 3.63) is 29.8 Å². The van der Waals surface area contributed by atoms with E-state index in [1.165, 1.54) is 0 Å². The summed E-state index contributed by atoms with van der Waals surface area (Å²) in [5, 5.41) is 11.0. The van der Waals surface area contributed by atoms with Gasteiger partial charge < -0.3 is 36.5 Å². The summed E-state index contributed by atoms with van der Waals surface area (Å²) in [6.07, 6.45) is 0.928. The van der Waals surface area contributed by atoms with Crippen LogP contribution < -0.4 is 27.0 Å². The normalized spacial score (nSPS) is 13.2. The van der Waals surface area contributed by atoms with Crippen LogP contribution in [0.5, 0.6) is 0 Å². The fourth-order valence-electron chi connectivity index (χ4n) is 4.50. The zero-order valence-electron chi connectivity index (χ0n) is 26.0. The van der Waals surface area contributed by atoms with Crippen LogP contribution in [0.2, 0.25) is 0 Å². The van der Waals surface area contributed by atoms with Crippen molar-refractivity contribution in [2.75, 3.05) is 25.0 Å². The number of carbonyl (C=O) groups is 4. The molecule has 232 valence electrons. The molecule has 41 heavy (non-hydrogen) atoms. The number of benzene rings is 1. The van der Waals surface area contributed by atoms with Crippen molar-refractivity contribution in [2.45, 2.75) is 92.9 Å². The summed E-state index contributed by atoms with van der Waals surface area (Å²) in [7, 11) is 0. The standard InChI is InChI=1S/C30H51N5O6/c1-20(2)24(29(3,4)5)26(37)35-23(11-9-16-32-27(31)38)25(36)34-22-14-12-21(13-15-22)19-40-28(39)33-17-10-18-41-30(6,7)8/h12-15,20,23-24H,9-11,16-19H2,1-8H3,(H,33,39)(H,34,36)(H,35,37)(H3,31,32,38)/t23-,24-/m0/s1. The molecular formula is C30H51N5O6. The highest BCUT2D eigenvalue weighted by Gasteiger charge is 2.35. The number of alkyl carbamates (subject to hydrolysis) is 1. The lowest BCUT2D eigenvalue weighted by atomic mass is 9.73. The molecular weight excluding hydrogens is 526 g/mol. The van der Waals surface area contributed by atoms with Crippen LogP contribution in [-0.2, 0) is 25.7 Å². The Hall–Kier alpha value is -3.34. The third-order valence-corrected chi connectivity index (χ3v) is 6.20. The van der Waals surface area contributed by atoms with Crippen LogP contribution in [0.1, 0.15) is 80.2 Å². The van der Waals surface area contributed by atoms with Crippen molar-refractivity contribution in [1.29, 1.82) is 0 Å². The highest BCUT2D eigenvalue weighted by Crippen LogP contribution is 2.32. The molecule has 1 rings (SSSR count). The van der Waals surface area contributed by atoms with E-state index in [-0.39, 0.29) is 47.8 Å². The third kappa shape index (κ3) is 15.3. The van der Waals surface area contributed by atoms with E-state index in [1.54, 1.807) is 24.3 Å². The van der Waals surface area contributed by atoms with Crippen molar-refractivity contribution < 1.29 is 28.7 Å². The maximum absolute atomic E-state index is 13.2. The number of amides is 5. The van der Waals surface area contributed by atoms with Gasteiger partial charge in [-0.25, -0.2) is 9.59 Å². The second kappa shape index (κ2) is 16.8. The van der Waals surface area contributed by atoms with Gasteiger partial charge in [-0.15, -0.1) is 0 Å². The Kier molecular flexibility index (Phi) is 14.6. The molecule has 0 heterocycles. The molecule has 0 fully saturated rings. The molecule has 0 radical (unpaired) electrons. The van der Waals surface area contributed by atoms with Crippen molar-refractivity contribution in [1.82, 2.24) is 16.0 Å². The van der Waals surface area contributed by atoms with Crippen LogP contribution in [-0.4, -0.2) is 55.3 Å². The van der Waals surface area contributed by atoms with Crippen LogP contribution in [0, 0.1) is 17.3 Å². The van der Waals surface area contributed by atoms with E-state index < -0.39 is 18.2 Å². The first-order valence-electron chi connectivity index (χ1n) is 14.3. The van der Waals surface area contributed by atoms with Gasteiger partial charge in [0.15, 0.2) is 0 Å². The first-order valence-corrected chi connectivity index (χ1v) is 14.3. The predicted octanol–water partition coefficient (Wildman–Crippen LogP) is 4.31. The average molecular weight is 578 g/mol. The molecule has 1 aromatic carbocycles. The van der Waals surface area contributed by atoms with E-state index in [4.69, 9.17) is 15.2 Å². The third-order valence-electron chi connectivity index (χ3n) is 6.20. The Bertz CT molecular complexity index is 983. The Morgan fingerprint density at radius 1 is 0.878 bits per heavy atom. The Balaban J connectivity index is 2.71. The molecule has 0 bridgehead atoms. The molecule has 11 nitrogen and oxygen atoms in total. The van der Waals surface area contributed by atoms with Gasteiger partial charge >= 0.3 is 12.1 Å². The van der Waals surface area contributed by atoms with Gasteiger partial charge in [-0.2, -0.15) is 0 Å². The van der Waals surface area contributed by atoms with Crippen LogP contribution >= 0.6 is 0 Å². The quantitative estimate of drug-likeness (QED) is 0.195. The summed E-state index contributed by atoms with van der Waals surface area (Å²) in [4.78, 5) is 49.4. The zero-order valence-corrected chi connectivity index (χ0v) is 26.0.